The van der Waals surface area contributed by atoms with Gasteiger partial charge in [0.05, 0.1) is 12.5 Å². The van der Waals surface area contributed by atoms with Gasteiger partial charge in [-0.1, -0.05) is 18.2 Å². The van der Waals surface area contributed by atoms with Crippen molar-refractivity contribution in [2.75, 3.05) is 38.4 Å². The number of thioether (sulfide) groups is 1. The summed E-state index contributed by atoms with van der Waals surface area (Å²) in [5.74, 6) is -0.304. The fourth-order valence-electron chi connectivity index (χ4n) is 3.75. The van der Waals surface area contributed by atoms with Crippen LogP contribution in [0.4, 0.5) is 0 Å². The summed E-state index contributed by atoms with van der Waals surface area (Å²) >= 11 is 1.54. The third-order valence-electron chi connectivity index (χ3n) is 5.21. The molecule has 0 bridgehead atoms. The van der Waals surface area contributed by atoms with Crippen LogP contribution in [0.2, 0.25) is 0 Å². The van der Waals surface area contributed by atoms with E-state index >= 15 is 0 Å². The second-order valence-corrected chi connectivity index (χ2v) is 8.04. The van der Waals surface area contributed by atoms with Gasteiger partial charge in [-0.25, -0.2) is 0 Å². The lowest BCUT2D eigenvalue weighted by Crippen LogP contribution is -2.56. The number of piperidine rings is 1. The van der Waals surface area contributed by atoms with Crippen molar-refractivity contribution in [1.29, 1.82) is 0 Å². The van der Waals surface area contributed by atoms with E-state index in [9.17, 15) is 19.5 Å². The molecule has 7 nitrogen and oxygen atoms in total. The Morgan fingerprint density at radius 1 is 1.30 bits per heavy atom. The summed E-state index contributed by atoms with van der Waals surface area (Å²) < 4.78 is 5.13. The second kappa shape index (κ2) is 8.31. The molecule has 2 saturated heterocycles. The zero-order valence-electron chi connectivity index (χ0n) is 15.3. The van der Waals surface area contributed by atoms with Crippen LogP contribution >= 0.6 is 11.8 Å². The average molecular weight is 392 g/mol. The number of carbonyl (C=O) groups excluding carboxylic acids is 2. The van der Waals surface area contributed by atoms with E-state index in [2.05, 4.69) is 0 Å². The van der Waals surface area contributed by atoms with Crippen molar-refractivity contribution in [3.05, 3.63) is 35.9 Å². The minimum absolute atomic E-state index is 0.0676. The minimum atomic E-state index is -1.08. The molecule has 1 aromatic carbocycles. The number of hydrogen-bond acceptors (Lipinski definition) is 5. The van der Waals surface area contributed by atoms with Gasteiger partial charge in [0.2, 0.25) is 5.91 Å². The van der Waals surface area contributed by atoms with Crippen molar-refractivity contribution in [2.45, 2.75) is 18.9 Å². The van der Waals surface area contributed by atoms with Gasteiger partial charge in [0.1, 0.15) is 11.5 Å². The molecule has 0 spiro atoms. The summed E-state index contributed by atoms with van der Waals surface area (Å²) in [6, 6.07) is 8.35. The maximum absolute atomic E-state index is 13.1. The molecule has 146 valence electrons. The summed E-state index contributed by atoms with van der Waals surface area (Å²) in [4.78, 5) is 41.0. The molecular formula is C19H24N2O5S. The highest BCUT2D eigenvalue weighted by atomic mass is 32.2. The summed E-state index contributed by atoms with van der Waals surface area (Å²) in [7, 11) is 1.47. The van der Waals surface area contributed by atoms with Crippen LogP contribution in [-0.2, 0) is 14.3 Å². The maximum atomic E-state index is 13.1. The van der Waals surface area contributed by atoms with E-state index in [0.717, 1.165) is 0 Å². The molecule has 3 rings (SSSR count). The Balaban J connectivity index is 1.76. The topological polar surface area (TPSA) is 87.2 Å². The first kappa shape index (κ1) is 19.7. The Morgan fingerprint density at radius 3 is 2.70 bits per heavy atom. The van der Waals surface area contributed by atoms with Crippen LogP contribution in [0.3, 0.4) is 0 Å². The fourth-order valence-corrected chi connectivity index (χ4v) is 4.90. The number of aliphatic carboxylic acids is 1. The number of nitrogens with zero attached hydrogens (tertiary/aromatic N) is 2. The quantitative estimate of drug-likeness (QED) is 0.818. The fraction of sp³-hybridized carbons (Fsp3) is 0.526. The van der Waals surface area contributed by atoms with Gasteiger partial charge >= 0.3 is 5.97 Å². The Morgan fingerprint density at radius 2 is 2.04 bits per heavy atom. The number of methoxy groups -OCH3 is 1. The first-order valence-corrected chi connectivity index (χ1v) is 10.1. The van der Waals surface area contributed by atoms with Crippen molar-refractivity contribution in [2.24, 2.45) is 5.41 Å². The van der Waals surface area contributed by atoms with Gasteiger partial charge in [-0.15, -0.1) is 11.8 Å². The standard InChI is InChI=1S/C19H24N2O5S/c1-26-12-19(18(24)25)8-5-9-20(11-19)17(23)15-10-27-13-21(15)16(22)14-6-3-2-4-7-14/h2-4,6-7,15H,5,8-13H2,1H3,(H,24,25). The van der Waals surface area contributed by atoms with E-state index in [1.54, 1.807) is 34.1 Å². The molecule has 0 aliphatic carbocycles. The number of amides is 2. The van der Waals surface area contributed by atoms with Crippen LogP contribution in [-0.4, -0.2) is 77.2 Å². The predicted octanol–water partition coefficient (Wildman–Crippen LogP) is 1.54. The molecule has 0 radical (unpaired) electrons. The zero-order chi connectivity index (χ0) is 19.4. The van der Waals surface area contributed by atoms with Gasteiger partial charge in [0, 0.05) is 31.5 Å². The van der Waals surface area contributed by atoms with Crippen LogP contribution in [0, 0.1) is 5.41 Å². The third kappa shape index (κ3) is 3.96. The third-order valence-corrected chi connectivity index (χ3v) is 6.22. The molecule has 2 aliphatic rings. The molecular weight excluding hydrogens is 368 g/mol. The molecule has 0 aromatic heterocycles. The molecule has 27 heavy (non-hydrogen) atoms. The first-order valence-electron chi connectivity index (χ1n) is 8.93. The van der Waals surface area contributed by atoms with E-state index in [4.69, 9.17) is 4.74 Å². The van der Waals surface area contributed by atoms with Gasteiger partial charge in [0.25, 0.3) is 5.91 Å². The minimum Gasteiger partial charge on any atom is -0.481 e. The number of rotatable bonds is 5. The molecule has 2 amide bonds. The Hall–Kier alpha value is -2.06. The summed E-state index contributed by atoms with van der Waals surface area (Å²) in [6.07, 6.45) is 1.08. The lowest BCUT2D eigenvalue weighted by Gasteiger charge is -2.41. The smallest absolute Gasteiger partial charge is 0.313 e. The largest absolute Gasteiger partial charge is 0.481 e. The van der Waals surface area contributed by atoms with Crippen molar-refractivity contribution in [3.8, 4) is 0 Å². The molecule has 2 atom stereocenters. The first-order chi connectivity index (χ1) is 13.0. The molecule has 2 aliphatic heterocycles. The highest BCUT2D eigenvalue weighted by Crippen LogP contribution is 2.33. The van der Waals surface area contributed by atoms with Crippen molar-refractivity contribution in [3.63, 3.8) is 0 Å². The lowest BCUT2D eigenvalue weighted by atomic mass is 9.80. The van der Waals surface area contributed by atoms with E-state index in [0.29, 0.717) is 36.6 Å². The van der Waals surface area contributed by atoms with E-state index in [-0.39, 0.29) is 25.0 Å². The summed E-state index contributed by atoms with van der Waals surface area (Å²) in [5, 5.41) is 9.69. The van der Waals surface area contributed by atoms with Gasteiger partial charge in [-0.3, -0.25) is 14.4 Å². The molecule has 8 heteroatoms. The lowest BCUT2D eigenvalue weighted by molar-refractivity contribution is -0.159. The number of carbonyl (C=O) groups is 3. The van der Waals surface area contributed by atoms with Crippen molar-refractivity contribution >= 4 is 29.5 Å². The number of carboxylic acid groups (broad SMARTS) is 1. The number of ether oxygens (including phenoxy) is 1. The number of benzene rings is 1. The van der Waals surface area contributed by atoms with Crippen LogP contribution in [0.5, 0.6) is 0 Å². The normalized spacial score (nSPS) is 25.4. The molecule has 1 aromatic rings. The number of likely N-dealkylation sites (tertiary alicyclic amines) is 1. The van der Waals surface area contributed by atoms with Crippen LogP contribution in [0.25, 0.3) is 0 Å². The molecule has 2 unspecified atom stereocenters. The summed E-state index contributed by atoms with van der Waals surface area (Å²) in [6.45, 7) is 0.688. The van der Waals surface area contributed by atoms with Crippen LogP contribution in [0.15, 0.2) is 30.3 Å². The number of hydrogen-bond donors (Lipinski definition) is 1. The van der Waals surface area contributed by atoms with E-state index in [1.165, 1.54) is 18.9 Å². The molecule has 2 fully saturated rings. The van der Waals surface area contributed by atoms with E-state index < -0.39 is 17.4 Å². The summed E-state index contributed by atoms with van der Waals surface area (Å²) in [5.41, 5.74) is -0.529. The molecule has 0 saturated carbocycles. The van der Waals surface area contributed by atoms with Crippen molar-refractivity contribution in [1.82, 2.24) is 9.80 Å². The average Bonchev–Trinajstić information content (AvgIpc) is 3.17. The van der Waals surface area contributed by atoms with Gasteiger partial charge in [0.15, 0.2) is 0 Å². The monoisotopic (exact) mass is 392 g/mol. The zero-order valence-corrected chi connectivity index (χ0v) is 16.1. The van der Waals surface area contributed by atoms with Crippen molar-refractivity contribution < 1.29 is 24.2 Å². The van der Waals surface area contributed by atoms with Gasteiger partial charge in [-0.05, 0) is 25.0 Å². The Bertz CT molecular complexity index is 709. The number of carboxylic acids is 1. The van der Waals surface area contributed by atoms with Crippen LogP contribution in [0.1, 0.15) is 23.2 Å². The SMILES string of the molecule is COCC1(C(=O)O)CCCN(C(=O)C2CSCN2C(=O)c2ccccc2)C1. The van der Waals surface area contributed by atoms with E-state index in [1.807, 2.05) is 6.07 Å². The molecule has 2 heterocycles. The van der Waals surface area contributed by atoms with Gasteiger partial charge in [-0.2, -0.15) is 0 Å². The Labute approximate surface area is 162 Å². The predicted molar refractivity (Wildman–Crippen MR) is 101 cm³/mol. The maximum Gasteiger partial charge on any atom is 0.313 e. The Kier molecular flexibility index (Phi) is 6.06. The highest BCUT2D eigenvalue weighted by Gasteiger charge is 2.46. The van der Waals surface area contributed by atoms with Crippen LogP contribution < -0.4 is 0 Å². The second-order valence-electron chi connectivity index (χ2n) is 7.04. The highest BCUT2D eigenvalue weighted by molar-refractivity contribution is 7.99. The van der Waals surface area contributed by atoms with Gasteiger partial charge < -0.3 is 19.6 Å². The molecule has 1 N–H and O–H groups in total.